The van der Waals surface area contributed by atoms with Crippen molar-refractivity contribution < 1.29 is 4.79 Å². The second-order valence-electron chi connectivity index (χ2n) is 7.57. The van der Waals surface area contributed by atoms with Gasteiger partial charge < -0.3 is 9.47 Å². The van der Waals surface area contributed by atoms with Gasteiger partial charge in [-0.3, -0.25) is 4.79 Å². The number of carbonyl (C=O) groups excluding carboxylic acids is 1. The van der Waals surface area contributed by atoms with E-state index < -0.39 is 0 Å². The third kappa shape index (κ3) is 3.61. The summed E-state index contributed by atoms with van der Waals surface area (Å²) in [5.74, 6) is 1.86. The van der Waals surface area contributed by atoms with Crippen molar-refractivity contribution in [3.8, 4) is 0 Å². The number of likely N-dealkylation sites (tertiary alicyclic amines) is 1. The van der Waals surface area contributed by atoms with E-state index in [9.17, 15) is 4.79 Å². The van der Waals surface area contributed by atoms with Gasteiger partial charge >= 0.3 is 0 Å². The van der Waals surface area contributed by atoms with Crippen LogP contribution >= 0.6 is 0 Å². The number of hydrogen-bond acceptors (Lipinski definition) is 2. The highest BCUT2D eigenvalue weighted by atomic mass is 16.2. The number of carbonyl (C=O) groups is 1. The number of amides is 1. The van der Waals surface area contributed by atoms with Crippen molar-refractivity contribution in [2.45, 2.75) is 32.6 Å². The molecule has 2 heterocycles. The molecule has 0 radical (unpaired) electrons. The lowest BCUT2D eigenvalue weighted by atomic mass is 9.90. The van der Waals surface area contributed by atoms with Gasteiger partial charge in [0.25, 0.3) is 5.91 Å². The van der Waals surface area contributed by atoms with Crippen LogP contribution in [-0.2, 0) is 19.9 Å². The van der Waals surface area contributed by atoms with Crippen LogP contribution < -0.4 is 0 Å². The number of imidazole rings is 1. The first-order chi connectivity index (χ1) is 13.2. The van der Waals surface area contributed by atoms with Crippen LogP contribution in [0.25, 0.3) is 11.0 Å². The average molecular weight is 361 g/mol. The molecule has 0 aliphatic carbocycles. The van der Waals surface area contributed by atoms with Crippen molar-refractivity contribution in [2.75, 3.05) is 13.1 Å². The molecule has 1 aliphatic rings. The molecule has 3 aromatic rings. The lowest BCUT2D eigenvalue weighted by Gasteiger charge is -2.32. The zero-order chi connectivity index (χ0) is 18.8. The number of piperidine rings is 1. The smallest absolute Gasteiger partial charge is 0.253 e. The van der Waals surface area contributed by atoms with Gasteiger partial charge in [0.2, 0.25) is 0 Å². The fourth-order valence-corrected chi connectivity index (χ4v) is 4.17. The molecule has 0 atom stereocenters. The van der Waals surface area contributed by atoms with E-state index in [1.54, 1.807) is 0 Å². The first-order valence-corrected chi connectivity index (χ1v) is 9.94. The van der Waals surface area contributed by atoms with E-state index in [2.05, 4.69) is 46.8 Å². The summed E-state index contributed by atoms with van der Waals surface area (Å²) in [5, 5.41) is 0. The van der Waals surface area contributed by atoms with Gasteiger partial charge in [0.05, 0.1) is 11.0 Å². The highest BCUT2D eigenvalue weighted by Crippen LogP contribution is 2.24. The van der Waals surface area contributed by atoms with E-state index in [0.29, 0.717) is 5.92 Å². The first kappa shape index (κ1) is 17.8. The molecule has 4 nitrogen and oxygen atoms in total. The van der Waals surface area contributed by atoms with Crippen LogP contribution in [0.3, 0.4) is 0 Å². The number of nitrogens with zero attached hydrogens (tertiary/aromatic N) is 3. The monoisotopic (exact) mass is 361 g/mol. The summed E-state index contributed by atoms with van der Waals surface area (Å²) in [6.45, 7) is 3.79. The summed E-state index contributed by atoms with van der Waals surface area (Å²) in [7, 11) is 2.03. The molecule has 140 valence electrons. The molecule has 27 heavy (non-hydrogen) atoms. The minimum absolute atomic E-state index is 0.138. The molecule has 0 saturated carbocycles. The van der Waals surface area contributed by atoms with Gasteiger partial charge in [0, 0.05) is 32.1 Å². The zero-order valence-electron chi connectivity index (χ0n) is 16.2. The third-order valence-electron chi connectivity index (χ3n) is 5.81. The summed E-state index contributed by atoms with van der Waals surface area (Å²) >= 11 is 0. The maximum Gasteiger partial charge on any atom is 0.253 e. The van der Waals surface area contributed by atoms with Crippen LogP contribution in [0.2, 0.25) is 0 Å². The third-order valence-corrected chi connectivity index (χ3v) is 5.81. The Kier molecular flexibility index (Phi) is 4.97. The Morgan fingerprint density at radius 1 is 1.11 bits per heavy atom. The number of rotatable bonds is 4. The molecular weight excluding hydrogens is 334 g/mol. The fourth-order valence-electron chi connectivity index (χ4n) is 4.17. The molecule has 0 unspecified atom stereocenters. The Morgan fingerprint density at radius 3 is 2.56 bits per heavy atom. The Balaban J connectivity index is 1.42. The number of benzene rings is 2. The molecule has 4 heteroatoms. The Hall–Kier alpha value is -2.62. The van der Waals surface area contributed by atoms with Crippen LogP contribution in [0, 0.1) is 5.92 Å². The molecule has 1 aliphatic heterocycles. The second kappa shape index (κ2) is 7.55. The lowest BCUT2D eigenvalue weighted by Crippen LogP contribution is -2.38. The summed E-state index contributed by atoms with van der Waals surface area (Å²) in [6, 6.07) is 16.6. The van der Waals surface area contributed by atoms with Crippen molar-refractivity contribution in [3.63, 3.8) is 0 Å². The molecule has 1 saturated heterocycles. The van der Waals surface area contributed by atoms with Crippen molar-refractivity contribution in [3.05, 3.63) is 65.5 Å². The number of fused-ring (bicyclic) bond motifs is 1. The van der Waals surface area contributed by atoms with Crippen molar-refractivity contribution >= 4 is 16.9 Å². The molecule has 0 spiro atoms. The van der Waals surface area contributed by atoms with Gasteiger partial charge in [-0.1, -0.05) is 37.3 Å². The maximum absolute atomic E-state index is 13.0. The molecule has 2 aromatic carbocycles. The molecule has 0 bridgehead atoms. The van der Waals surface area contributed by atoms with Crippen molar-refractivity contribution in [2.24, 2.45) is 13.0 Å². The second-order valence-corrected chi connectivity index (χ2v) is 7.57. The van der Waals surface area contributed by atoms with Gasteiger partial charge in [0.15, 0.2) is 0 Å². The van der Waals surface area contributed by atoms with Gasteiger partial charge in [-0.15, -0.1) is 0 Å². The van der Waals surface area contributed by atoms with E-state index in [1.165, 1.54) is 5.56 Å². The predicted octanol–water partition coefficient (Wildman–Crippen LogP) is 4.23. The number of aryl methyl sites for hydroxylation is 2. The van der Waals surface area contributed by atoms with Crippen LogP contribution in [0.1, 0.15) is 41.5 Å². The summed E-state index contributed by atoms with van der Waals surface area (Å²) in [6.07, 6.45) is 4.16. The van der Waals surface area contributed by atoms with E-state index in [1.807, 2.05) is 30.1 Å². The van der Waals surface area contributed by atoms with Crippen LogP contribution in [0.15, 0.2) is 48.5 Å². The summed E-state index contributed by atoms with van der Waals surface area (Å²) in [5.41, 5.74) is 4.16. The molecule has 1 amide bonds. The minimum atomic E-state index is 0.138. The normalized spacial score (nSPS) is 15.4. The SMILES string of the molecule is CCc1nc2cc(C(=O)N3CCC(Cc4ccccc4)CC3)ccc2n1C. The topological polar surface area (TPSA) is 38.1 Å². The number of aromatic nitrogens is 2. The average Bonchev–Trinajstić information content (AvgIpc) is 3.04. The van der Waals surface area contributed by atoms with Gasteiger partial charge in [0.1, 0.15) is 5.82 Å². The highest BCUT2D eigenvalue weighted by molar-refractivity contribution is 5.97. The first-order valence-electron chi connectivity index (χ1n) is 9.94. The highest BCUT2D eigenvalue weighted by Gasteiger charge is 2.24. The van der Waals surface area contributed by atoms with Crippen LogP contribution in [0.4, 0.5) is 0 Å². The largest absolute Gasteiger partial charge is 0.339 e. The van der Waals surface area contributed by atoms with Crippen molar-refractivity contribution in [1.82, 2.24) is 14.5 Å². The minimum Gasteiger partial charge on any atom is -0.339 e. The summed E-state index contributed by atoms with van der Waals surface area (Å²) < 4.78 is 2.11. The quantitative estimate of drug-likeness (QED) is 0.697. The molecule has 4 rings (SSSR count). The lowest BCUT2D eigenvalue weighted by molar-refractivity contribution is 0.0690. The van der Waals surface area contributed by atoms with Gasteiger partial charge in [-0.25, -0.2) is 4.98 Å². The molecule has 1 fully saturated rings. The molecule has 1 aromatic heterocycles. The molecule has 0 N–H and O–H groups in total. The van der Waals surface area contributed by atoms with E-state index >= 15 is 0 Å². The number of hydrogen-bond donors (Lipinski definition) is 0. The predicted molar refractivity (Wildman–Crippen MR) is 109 cm³/mol. The van der Waals surface area contributed by atoms with Gasteiger partial charge in [-0.2, -0.15) is 0 Å². The van der Waals surface area contributed by atoms with Crippen LogP contribution in [-0.4, -0.2) is 33.4 Å². The zero-order valence-corrected chi connectivity index (χ0v) is 16.2. The Morgan fingerprint density at radius 2 is 1.85 bits per heavy atom. The van der Waals surface area contributed by atoms with E-state index in [0.717, 1.165) is 61.2 Å². The van der Waals surface area contributed by atoms with Crippen molar-refractivity contribution in [1.29, 1.82) is 0 Å². The summed E-state index contributed by atoms with van der Waals surface area (Å²) in [4.78, 5) is 19.6. The fraction of sp³-hybridized carbons (Fsp3) is 0.391. The molecular formula is C23H27N3O. The van der Waals surface area contributed by atoms with E-state index in [-0.39, 0.29) is 5.91 Å². The van der Waals surface area contributed by atoms with E-state index in [4.69, 9.17) is 0 Å². The van der Waals surface area contributed by atoms with Gasteiger partial charge in [-0.05, 0) is 48.9 Å². The maximum atomic E-state index is 13.0. The Labute approximate surface area is 160 Å². The standard InChI is InChI=1S/C23H27N3O/c1-3-22-24-20-16-19(9-10-21(20)25(22)2)23(27)26-13-11-18(12-14-26)15-17-7-5-4-6-8-17/h4-10,16,18H,3,11-15H2,1-2H3. The Bertz CT molecular complexity index is 937. The van der Waals surface area contributed by atoms with Crippen LogP contribution in [0.5, 0.6) is 0 Å².